The van der Waals surface area contributed by atoms with Gasteiger partial charge in [0.2, 0.25) is 0 Å². The second kappa shape index (κ2) is 11.0. The number of hydrogen-bond donors (Lipinski definition) is 1. The van der Waals surface area contributed by atoms with Crippen LogP contribution in [0.3, 0.4) is 0 Å². The van der Waals surface area contributed by atoms with E-state index in [-0.39, 0.29) is 39.9 Å². The number of esters is 2. The topological polar surface area (TPSA) is 102 Å². The number of para-hydroxylation sites is 1. The molecule has 0 atom stereocenters. The number of amides is 2. The van der Waals surface area contributed by atoms with Crippen molar-refractivity contribution in [2.24, 2.45) is 0 Å². The van der Waals surface area contributed by atoms with Crippen LogP contribution in [0.15, 0.2) is 83.5 Å². The van der Waals surface area contributed by atoms with Crippen LogP contribution in [-0.4, -0.2) is 30.4 Å². The minimum Gasteiger partial charge on any atom is -0.462 e. The van der Waals surface area contributed by atoms with Crippen LogP contribution in [0.2, 0.25) is 0 Å². The summed E-state index contributed by atoms with van der Waals surface area (Å²) in [5.74, 6) is -3.17. The molecular weight excluding hydrogens is 503 g/mol. The monoisotopic (exact) mass is 522 g/mol. The van der Waals surface area contributed by atoms with E-state index >= 15 is 0 Å². The number of benzene rings is 3. The summed E-state index contributed by atoms with van der Waals surface area (Å²) in [6.07, 6.45) is 0.611. The van der Waals surface area contributed by atoms with E-state index in [0.29, 0.717) is 12.1 Å². The summed E-state index contributed by atoms with van der Waals surface area (Å²) in [4.78, 5) is 51.7. The first-order valence-corrected chi connectivity index (χ1v) is 11.6. The third-order valence-corrected chi connectivity index (χ3v) is 5.59. The molecule has 1 aliphatic rings. The van der Waals surface area contributed by atoms with Crippen LogP contribution in [0, 0.1) is 5.82 Å². The van der Waals surface area contributed by atoms with Gasteiger partial charge in [-0.2, -0.15) is 0 Å². The number of carbonyl (C=O) groups excluding carboxylic acids is 4. The van der Waals surface area contributed by atoms with Gasteiger partial charge in [-0.3, -0.25) is 9.59 Å². The third kappa shape index (κ3) is 5.52. The second-order valence-electron chi connectivity index (χ2n) is 7.83. The molecule has 4 rings (SSSR count). The molecular formula is C27H20ClFN2O6. The number of nitrogens with one attached hydrogen (secondary N) is 1. The Kier molecular flexibility index (Phi) is 7.64. The van der Waals surface area contributed by atoms with Gasteiger partial charge in [0, 0.05) is 5.69 Å². The number of halogens is 2. The van der Waals surface area contributed by atoms with Crippen molar-refractivity contribution in [3.05, 3.63) is 100 Å². The predicted molar refractivity (Wildman–Crippen MR) is 134 cm³/mol. The van der Waals surface area contributed by atoms with Gasteiger partial charge in [-0.25, -0.2) is 18.9 Å². The summed E-state index contributed by atoms with van der Waals surface area (Å²) in [6, 6.07) is 17.0. The van der Waals surface area contributed by atoms with Crippen molar-refractivity contribution in [3.8, 4) is 5.75 Å². The Morgan fingerprint density at radius 1 is 0.919 bits per heavy atom. The lowest BCUT2D eigenvalue weighted by Gasteiger charge is -2.18. The highest BCUT2D eigenvalue weighted by Gasteiger charge is 2.40. The lowest BCUT2D eigenvalue weighted by atomic mass is 10.1. The average Bonchev–Trinajstić information content (AvgIpc) is 3.11. The molecule has 1 N–H and O–H groups in total. The molecule has 8 nitrogen and oxygen atoms in total. The van der Waals surface area contributed by atoms with Gasteiger partial charge < -0.3 is 14.8 Å². The highest BCUT2D eigenvalue weighted by molar-refractivity contribution is 6.53. The van der Waals surface area contributed by atoms with Gasteiger partial charge in [0.05, 0.1) is 23.4 Å². The van der Waals surface area contributed by atoms with Crippen molar-refractivity contribution in [2.45, 2.75) is 13.3 Å². The lowest BCUT2D eigenvalue weighted by Crippen LogP contribution is -2.33. The van der Waals surface area contributed by atoms with E-state index in [9.17, 15) is 23.6 Å². The maximum absolute atomic E-state index is 13.2. The normalized spacial score (nSPS) is 13.1. The number of nitrogens with zero attached hydrogens (tertiary/aromatic N) is 1. The van der Waals surface area contributed by atoms with Gasteiger partial charge in [-0.15, -0.1) is 0 Å². The zero-order chi connectivity index (χ0) is 26.5. The molecule has 0 fully saturated rings. The van der Waals surface area contributed by atoms with Crippen molar-refractivity contribution in [1.29, 1.82) is 0 Å². The van der Waals surface area contributed by atoms with E-state index in [1.165, 1.54) is 60.7 Å². The molecule has 10 heteroatoms. The number of hydrogen-bond acceptors (Lipinski definition) is 7. The smallest absolute Gasteiger partial charge is 0.343 e. The molecule has 188 valence electrons. The van der Waals surface area contributed by atoms with Crippen molar-refractivity contribution in [3.63, 3.8) is 0 Å². The molecule has 3 aromatic carbocycles. The Bertz CT molecular complexity index is 1400. The van der Waals surface area contributed by atoms with Gasteiger partial charge in [-0.1, -0.05) is 30.7 Å². The van der Waals surface area contributed by atoms with Crippen molar-refractivity contribution >= 4 is 46.7 Å². The molecule has 0 saturated heterocycles. The van der Waals surface area contributed by atoms with E-state index in [1.807, 2.05) is 6.92 Å². The predicted octanol–water partition coefficient (Wildman–Crippen LogP) is 5.05. The Hall–Kier alpha value is -4.50. The summed E-state index contributed by atoms with van der Waals surface area (Å²) < 4.78 is 23.4. The minimum atomic E-state index is -0.801. The summed E-state index contributed by atoms with van der Waals surface area (Å²) in [7, 11) is 0. The van der Waals surface area contributed by atoms with Gasteiger partial charge in [0.1, 0.15) is 22.3 Å². The summed E-state index contributed by atoms with van der Waals surface area (Å²) in [5, 5.41) is 2.44. The van der Waals surface area contributed by atoms with Gasteiger partial charge >= 0.3 is 11.9 Å². The molecule has 3 aromatic rings. The number of imide groups is 1. The van der Waals surface area contributed by atoms with Crippen LogP contribution in [0.4, 0.5) is 15.8 Å². The molecule has 0 radical (unpaired) electrons. The molecule has 0 aromatic heterocycles. The summed E-state index contributed by atoms with van der Waals surface area (Å²) in [5.41, 5.74) is 0.472. The maximum atomic E-state index is 13.2. The second-order valence-corrected chi connectivity index (χ2v) is 8.21. The van der Waals surface area contributed by atoms with E-state index < -0.39 is 29.6 Å². The van der Waals surface area contributed by atoms with Gasteiger partial charge in [0.25, 0.3) is 11.8 Å². The van der Waals surface area contributed by atoms with Crippen molar-refractivity contribution in [2.75, 3.05) is 16.8 Å². The molecule has 2 amide bonds. The first-order valence-electron chi connectivity index (χ1n) is 11.2. The van der Waals surface area contributed by atoms with Crippen LogP contribution >= 0.6 is 11.6 Å². The minimum absolute atomic E-state index is 0.0485. The average molecular weight is 523 g/mol. The van der Waals surface area contributed by atoms with E-state index in [1.54, 1.807) is 12.1 Å². The van der Waals surface area contributed by atoms with Crippen LogP contribution < -0.4 is 15.0 Å². The van der Waals surface area contributed by atoms with E-state index in [0.717, 1.165) is 4.90 Å². The molecule has 0 bridgehead atoms. The highest BCUT2D eigenvalue weighted by atomic mass is 35.5. The molecule has 0 saturated carbocycles. The van der Waals surface area contributed by atoms with Crippen molar-refractivity contribution in [1.82, 2.24) is 0 Å². The van der Waals surface area contributed by atoms with Gasteiger partial charge in [-0.05, 0) is 67.1 Å². The Labute approximate surface area is 216 Å². The number of carbonyl (C=O) groups is 4. The Morgan fingerprint density at radius 2 is 1.59 bits per heavy atom. The molecule has 1 heterocycles. The largest absolute Gasteiger partial charge is 0.462 e. The van der Waals surface area contributed by atoms with Crippen LogP contribution in [0.5, 0.6) is 5.75 Å². The fraction of sp³-hybridized carbons (Fsp3) is 0.111. The fourth-order valence-corrected chi connectivity index (χ4v) is 3.66. The first kappa shape index (κ1) is 25.6. The first-order chi connectivity index (χ1) is 17.8. The maximum Gasteiger partial charge on any atom is 0.343 e. The Morgan fingerprint density at radius 3 is 2.27 bits per heavy atom. The standard InChI is InChI=1S/C27H20ClFN2O6/c1-2-15-36-27(35)20-5-3-4-6-21(20)31-24(32)22(28)23(25(31)33)30-18-11-7-16(8-12-18)26(34)37-19-13-9-17(29)10-14-19/h3-14,30H,2,15H2,1H3. The molecule has 0 unspecified atom stereocenters. The van der Waals surface area contributed by atoms with Crippen LogP contribution in [0.1, 0.15) is 34.1 Å². The van der Waals surface area contributed by atoms with Crippen molar-refractivity contribution < 1.29 is 33.0 Å². The van der Waals surface area contributed by atoms with Gasteiger partial charge in [0.15, 0.2) is 0 Å². The zero-order valence-corrected chi connectivity index (χ0v) is 20.3. The van der Waals surface area contributed by atoms with Crippen LogP contribution in [-0.2, 0) is 14.3 Å². The summed E-state index contributed by atoms with van der Waals surface area (Å²) >= 11 is 6.20. The molecule has 1 aliphatic heterocycles. The molecule has 0 aliphatic carbocycles. The fourth-order valence-electron chi connectivity index (χ4n) is 3.45. The third-order valence-electron chi connectivity index (χ3n) is 5.24. The highest BCUT2D eigenvalue weighted by Crippen LogP contribution is 2.32. The number of ether oxygens (including phenoxy) is 2. The van der Waals surface area contributed by atoms with E-state index in [2.05, 4.69) is 5.32 Å². The number of rotatable bonds is 8. The molecule has 37 heavy (non-hydrogen) atoms. The quantitative estimate of drug-likeness (QED) is 0.251. The number of anilines is 2. The SMILES string of the molecule is CCCOC(=O)c1ccccc1N1C(=O)C(Cl)=C(Nc2ccc(C(=O)Oc3ccc(F)cc3)cc2)C1=O. The van der Waals surface area contributed by atoms with E-state index in [4.69, 9.17) is 21.1 Å². The Balaban J connectivity index is 1.50. The zero-order valence-electron chi connectivity index (χ0n) is 19.5. The van der Waals surface area contributed by atoms with Crippen LogP contribution in [0.25, 0.3) is 0 Å². The lowest BCUT2D eigenvalue weighted by molar-refractivity contribution is -0.120. The summed E-state index contributed by atoms with van der Waals surface area (Å²) in [6.45, 7) is 2.03. The molecule has 0 spiro atoms.